The summed E-state index contributed by atoms with van der Waals surface area (Å²) in [5.41, 5.74) is -0.179. The lowest BCUT2D eigenvalue weighted by Gasteiger charge is -2.56. The van der Waals surface area contributed by atoms with Gasteiger partial charge in [0.1, 0.15) is 29.9 Å². The smallest absolute Gasteiger partial charge is 0.140 e. The first kappa shape index (κ1) is 37.2. The molecule has 5 saturated carbocycles. The number of carbonyl (C=O) groups excluding carboxylic acids is 5. The molecule has 0 N–H and O–H groups in total. The van der Waals surface area contributed by atoms with Crippen molar-refractivity contribution in [2.75, 3.05) is 0 Å². The SMILES string of the molecule is C#C[C@]12CCC(=O)C1[C@](C)(C(=O)CC(C)(C)C=C)[C@H](C)CC2.C=O.C[C@@H]1C=C2[C@H](C)[C@@]1(C)CC(=O)[C@@]1(C)C3C(=O)CC[C@@]23CC[C@H]1C. The van der Waals surface area contributed by atoms with Crippen LogP contribution in [0, 0.1) is 80.3 Å². The molecule has 5 heteroatoms. The van der Waals surface area contributed by atoms with Gasteiger partial charge in [0.05, 0.1) is 0 Å². The Labute approximate surface area is 284 Å². The van der Waals surface area contributed by atoms with Crippen LogP contribution in [-0.2, 0) is 24.0 Å². The summed E-state index contributed by atoms with van der Waals surface area (Å²) in [6.07, 6.45) is 18.1. The molecular weight excluding hydrogens is 584 g/mol. The quantitative estimate of drug-likeness (QED) is 0.226. The topological polar surface area (TPSA) is 85.3 Å². The predicted molar refractivity (Wildman–Crippen MR) is 187 cm³/mol. The van der Waals surface area contributed by atoms with Gasteiger partial charge in [0.2, 0.25) is 0 Å². The summed E-state index contributed by atoms with van der Waals surface area (Å²) in [7, 11) is 0. The van der Waals surface area contributed by atoms with Crippen molar-refractivity contribution in [2.45, 2.75) is 127 Å². The Bertz CT molecular complexity index is 1410. The Morgan fingerprint density at radius 3 is 2.11 bits per heavy atom. The third-order valence-electron chi connectivity index (χ3n) is 15.4. The molecule has 0 aromatic heterocycles. The van der Waals surface area contributed by atoms with Crippen molar-refractivity contribution in [3.8, 4) is 12.3 Å². The Hall–Kier alpha value is -2.61. The third kappa shape index (κ3) is 5.21. The van der Waals surface area contributed by atoms with Gasteiger partial charge in [0, 0.05) is 59.2 Å². The van der Waals surface area contributed by atoms with Crippen molar-refractivity contribution in [1.29, 1.82) is 0 Å². The van der Waals surface area contributed by atoms with Crippen LogP contribution in [0.25, 0.3) is 0 Å². The van der Waals surface area contributed by atoms with Crippen LogP contribution in [0.1, 0.15) is 127 Å². The van der Waals surface area contributed by atoms with Gasteiger partial charge in [-0.1, -0.05) is 86.0 Å². The second kappa shape index (κ2) is 12.4. The number of ketones is 4. The van der Waals surface area contributed by atoms with Gasteiger partial charge in [-0.2, -0.15) is 0 Å². The van der Waals surface area contributed by atoms with Gasteiger partial charge >= 0.3 is 0 Å². The zero-order valence-corrected chi connectivity index (χ0v) is 30.7. The molecule has 6 aliphatic carbocycles. The van der Waals surface area contributed by atoms with Crippen molar-refractivity contribution in [3.63, 3.8) is 0 Å². The molecule has 0 heterocycles. The van der Waals surface area contributed by atoms with Gasteiger partial charge < -0.3 is 4.79 Å². The molecule has 6 rings (SSSR count). The summed E-state index contributed by atoms with van der Waals surface area (Å²) in [6, 6.07) is 0. The number of allylic oxidation sites excluding steroid dienone is 3. The fourth-order valence-corrected chi connectivity index (χ4v) is 11.4. The Balaban J connectivity index is 0.000000203. The molecule has 11 atom stereocenters. The minimum Gasteiger partial charge on any atom is -0.307 e. The molecule has 47 heavy (non-hydrogen) atoms. The van der Waals surface area contributed by atoms with Crippen LogP contribution in [-0.4, -0.2) is 29.9 Å². The molecule has 0 aliphatic heterocycles. The highest BCUT2D eigenvalue weighted by Gasteiger charge is 2.68. The summed E-state index contributed by atoms with van der Waals surface area (Å²) in [4.78, 5) is 60.2. The van der Waals surface area contributed by atoms with Crippen molar-refractivity contribution in [3.05, 3.63) is 24.3 Å². The summed E-state index contributed by atoms with van der Waals surface area (Å²) in [5.74, 6) is 5.02. The minimum absolute atomic E-state index is 0.0140. The van der Waals surface area contributed by atoms with E-state index in [0.29, 0.717) is 55.0 Å². The first-order valence-electron chi connectivity index (χ1n) is 18.0. The van der Waals surface area contributed by atoms with Crippen LogP contribution < -0.4 is 0 Å². The molecule has 4 bridgehead atoms. The minimum atomic E-state index is -0.640. The lowest BCUT2D eigenvalue weighted by Crippen LogP contribution is -2.57. The molecule has 258 valence electrons. The average molecular weight is 645 g/mol. The van der Waals surface area contributed by atoms with Crippen LogP contribution in [0.15, 0.2) is 24.3 Å². The number of carbonyl (C=O) groups is 5. The summed E-state index contributed by atoms with van der Waals surface area (Å²) in [6.45, 7) is 25.2. The fraction of sp³-hybridized carbons (Fsp3) is 0.738. The van der Waals surface area contributed by atoms with Crippen molar-refractivity contribution in [2.24, 2.45) is 68.0 Å². The molecule has 0 aromatic carbocycles. The highest BCUT2D eigenvalue weighted by Crippen LogP contribution is 2.70. The molecule has 0 radical (unpaired) electrons. The summed E-state index contributed by atoms with van der Waals surface area (Å²) in [5, 5.41) is 0. The standard InChI is InChI=1S/C21H30O2.C20H28O2.CH2O/c1-12-6-8-21-9-7-16(22)18(21)20(12,5)17(23)11-19(4)13(2)10-15(21)14(19)3;1-7-18(4,5)13-16(22)19(6)14(3)9-11-20(8-2)12-10-15(21)17(19)20;1-2/h10,12-14,18H,6-9,11H2,1-5H3;2,7,14,17H,1,9-13H2,3-6H3;1H2/t12-,13-,14+,18?,19+,20+,21+;14-,17?,19+,20+;/m11./s1. The molecule has 0 aromatic rings. The van der Waals surface area contributed by atoms with Crippen LogP contribution >= 0.6 is 0 Å². The number of rotatable bonds is 4. The van der Waals surface area contributed by atoms with E-state index < -0.39 is 16.2 Å². The molecule has 5 nitrogen and oxygen atoms in total. The fourth-order valence-electron chi connectivity index (χ4n) is 11.4. The average Bonchev–Trinajstić information content (AvgIpc) is 3.64. The second-order valence-corrected chi connectivity index (χ2v) is 17.7. The van der Waals surface area contributed by atoms with E-state index in [0.717, 1.165) is 38.5 Å². The van der Waals surface area contributed by atoms with E-state index in [1.807, 2.05) is 33.6 Å². The number of Topliss-reactive ketones (excluding diaryl/α,β-unsaturated/α-hetero) is 4. The normalized spacial score (nSPS) is 45.0. The van der Waals surface area contributed by atoms with E-state index in [9.17, 15) is 19.2 Å². The largest absolute Gasteiger partial charge is 0.307 e. The number of fused-ring (bicyclic) bond motifs is 3. The predicted octanol–water partition coefficient (Wildman–Crippen LogP) is 8.59. The van der Waals surface area contributed by atoms with E-state index in [1.54, 1.807) is 0 Å². The maximum Gasteiger partial charge on any atom is 0.140 e. The molecular formula is C42H60O5. The van der Waals surface area contributed by atoms with Crippen molar-refractivity contribution in [1.82, 2.24) is 0 Å². The van der Waals surface area contributed by atoms with E-state index in [2.05, 4.69) is 60.1 Å². The highest BCUT2D eigenvalue weighted by atomic mass is 16.1. The van der Waals surface area contributed by atoms with Gasteiger partial charge in [-0.3, -0.25) is 19.2 Å². The van der Waals surface area contributed by atoms with Gasteiger partial charge in [0.25, 0.3) is 0 Å². The molecule has 0 amide bonds. The van der Waals surface area contributed by atoms with Crippen LogP contribution in [0.4, 0.5) is 0 Å². The Morgan fingerprint density at radius 2 is 1.51 bits per heavy atom. The number of hydrogen-bond donors (Lipinski definition) is 0. The second-order valence-electron chi connectivity index (χ2n) is 17.7. The van der Waals surface area contributed by atoms with Crippen molar-refractivity contribution < 1.29 is 24.0 Å². The molecule has 5 fully saturated rings. The summed E-state index contributed by atoms with van der Waals surface area (Å²) < 4.78 is 0. The first-order valence-corrected chi connectivity index (χ1v) is 18.0. The third-order valence-corrected chi connectivity index (χ3v) is 15.4. The lowest BCUT2D eigenvalue weighted by molar-refractivity contribution is -0.154. The molecule has 2 unspecified atom stereocenters. The van der Waals surface area contributed by atoms with Gasteiger partial charge in [-0.15, -0.1) is 13.0 Å². The highest BCUT2D eigenvalue weighted by molar-refractivity contribution is 5.97. The number of hydrogen-bond acceptors (Lipinski definition) is 5. The lowest BCUT2D eigenvalue weighted by atomic mass is 9.45. The molecule has 0 spiro atoms. The van der Waals surface area contributed by atoms with E-state index in [-0.39, 0.29) is 45.6 Å². The summed E-state index contributed by atoms with van der Waals surface area (Å²) >= 11 is 0. The maximum atomic E-state index is 13.5. The Morgan fingerprint density at radius 1 is 0.936 bits per heavy atom. The van der Waals surface area contributed by atoms with E-state index in [1.165, 1.54) is 5.57 Å². The van der Waals surface area contributed by atoms with E-state index in [4.69, 9.17) is 11.2 Å². The molecule has 0 saturated heterocycles. The monoisotopic (exact) mass is 644 g/mol. The van der Waals surface area contributed by atoms with Gasteiger partial charge in [0.15, 0.2) is 0 Å². The van der Waals surface area contributed by atoms with Crippen LogP contribution in [0.2, 0.25) is 0 Å². The van der Waals surface area contributed by atoms with Gasteiger partial charge in [-0.05, 0) is 73.0 Å². The zero-order chi connectivity index (χ0) is 35.5. The number of terminal acetylenes is 1. The van der Waals surface area contributed by atoms with Crippen molar-refractivity contribution >= 4 is 29.9 Å². The van der Waals surface area contributed by atoms with Crippen LogP contribution in [0.5, 0.6) is 0 Å². The molecule has 6 aliphatic rings. The maximum absolute atomic E-state index is 13.5. The van der Waals surface area contributed by atoms with Crippen LogP contribution in [0.3, 0.4) is 0 Å². The van der Waals surface area contributed by atoms with Gasteiger partial charge in [-0.25, -0.2) is 0 Å². The Kier molecular flexibility index (Phi) is 9.79. The van der Waals surface area contributed by atoms with E-state index >= 15 is 0 Å². The zero-order valence-electron chi connectivity index (χ0n) is 30.7. The first-order chi connectivity index (χ1) is 21.8.